The van der Waals surface area contributed by atoms with Crippen LogP contribution in [-0.2, 0) is 21.2 Å². The highest BCUT2D eigenvalue weighted by Gasteiger charge is 2.31. The van der Waals surface area contributed by atoms with E-state index in [1.807, 2.05) is 0 Å². The van der Waals surface area contributed by atoms with E-state index >= 15 is 0 Å². The van der Waals surface area contributed by atoms with Crippen LogP contribution in [0.5, 0.6) is 5.75 Å². The number of nitrogens with one attached hydrogen (secondary N) is 1. The van der Waals surface area contributed by atoms with Crippen LogP contribution in [0.4, 0.5) is 13.2 Å². The van der Waals surface area contributed by atoms with E-state index in [2.05, 4.69) is 9.46 Å². The van der Waals surface area contributed by atoms with Crippen LogP contribution >= 0.6 is 23.2 Å². The summed E-state index contributed by atoms with van der Waals surface area (Å²) in [6.45, 7) is 0. The van der Waals surface area contributed by atoms with Crippen molar-refractivity contribution in [2.45, 2.75) is 23.7 Å². The molecule has 2 aromatic rings. The molecule has 0 bridgehead atoms. The van der Waals surface area contributed by atoms with Gasteiger partial charge in [0.25, 0.3) is 0 Å². The number of carbonyl (C=O) groups is 1. The van der Waals surface area contributed by atoms with Gasteiger partial charge >= 0.3 is 6.36 Å². The molecule has 0 saturated carbocycles. The van der Waals surface area contributed by atoms with Crippen LogP contribution < -0.4 is 9.46 Å². The van der Waals surface area contributed by atoms with Gasteiger partial charge in [-0.3, -0.25) is 4.79 Å². The molecule has 1 N–H and O–H groups in total. The summed E-state index contributed by atoms with van der Waals surface area (Å²) in [5.74, 6) is -1.10. The van der Waals surface area contributed by atoms with Crippen LogP contribution in [0.15, 0.2) is 47.4 Å². The molecule has 0 radical (unpaired) electrons. The Bertz CT molecular complexity index is 1010. The van der Waals surface area contributed by atoms with Crippen molar-refractivity contribution in [3.05, 3.63) is 58.1 Å². The van der Waals surface area contributed by atoms with Gasteiger partial charge in [-0.25, -0.2) is 8.42 Å². The zero-order chi connectivity index (χ0) is 22.7. The minimum absolute atomic E-state index is 0.0254. The lowest BCUT2D eigenvalue weighted by Gasteiger charge is -2.22. The quantitative estimate of drug-likeness (QED) is 0.647. The molecule has 164 valence electrons. The van der Waals surface area contributed by atoms with Crippen molar-refractivity contribution in [1.82, 2.24) is 9.62 Å². The molecule has 0 aromatic heterocycles. The van der Waals surface area contributed by atoms with Crippen LogP contribution in [0.25, 0.3) is 0 Å². The highest BCUT2D eigenvalue weighted by Crippen LogP contribution is 2.25. The van der Waals surface area contributed by atoms with Crippen molar-refractivity contribution in [1.29, 1.82) is 0 Å². The van der Waals surface area contributed by atoms with E-state index in [-0.39, 0.29) is 16.3 Å². The van der Waals surface area contributed by atoms with E-state index < -0.39 is 34.1 Å². The van der Waals surface area contributed by atoms with Gasteiger partial charge in [0, 0.05) is 14.1 Å². The Morgan fingerprint density at radius 2 is 1.70 bits per heavy atom. The number of likely N-dealkylation sites (N-methyl/N-ethyl adjacent to an activating group) is 1. The fourth-order valence-corrected chi connectivity index (χ4v) is 3.98. The van der Waals surface area contributed by atoms with Crippen molar-refractivity contribution in [2.75, 3.05) is 14.1 Å². The molecule has 2 aromatic carbocycles. The van der Waals surface area contributed by atoms with Gasteiger partial charge < -0.3 is 9.64 Å². The number of ether oxygens (including phenoxy) is 1. The second-order valence-electron chi connectivity index (χ2n) is 6.38. The summed E-state index contributed by atoms with van der Waals surface area (Å²) in [5.41, 5.74) is 0.557. The number of sulfonamides is 1. The monoisotopic (exact) mass is 484 g/mol. The second kappa shape index (κ2) is 9.42. The van der Waals surface area contributed by atoms with Crippen LogP contribution in [0, 0.1) is 0 Å². The lowest BCUT2D eigenvalue weighted by molar-refractivity contribution is -0.274. The van der Waals surface area contributed by atoms with Gasteiger partial charge in [0.05, 0.1) is 14.9 Å². The molecular weight excluding hydrogens is 468 g/mol. The highest BCUT2D eigenvalue weighted by atomic mass is 35.5. The molecule has 0 aliphatic heterocycles. The molecule has 30 heavy (non-hydrogen) atoms. The largest absolute Gasteiger partial charge is 0.573 e. The maximum absolute atomic E-state index is 12.7. The highest BCUT2D eigenvalue weighted by molar-refractivity contribution is 7.89. The average molecular weight is 485 g/mol. The minimum atomic E-state index is -4.90. The molecule has 0 saturated heterocycles. The van der Waals surface area contributed by atoms with Gasteiger partial charge in [-0.05, 0) is 48.4 Å². The summed E-state index contributed by atoms with van der Waals surface area (Å²) in [5, 5.41) is 0.547. The molecule has 0 fully saturated rings. The Labute approximate surface area is 181 Å². The van der Waals surface area contributed by atoms with Gasteiger partial charge in [0.15, 0.2) is 0 Å². The summed E-state index contributed by atoms with van der Waals surface area (Å²) < 4.78 is 68.2. The summed E-state index contributed by atoms with van der Waals surface area (Å²) in [6.07, 6.45) is -4.93. The third-order valence-corrected chi connectivity index (χ3v) is 6.05. The smallest absolute Gasteiger partial charge is 0.406 e. The molecule has 0 aliphatic rings. The number of hydrogen-bond donors (Lipinski definition) is 1. The van der Waals surface area contributed by atoms with E-state index in [0.717, 1.165) is 24.3 Å². The van der Waals surface area contributed by atoms with Crippen molar-refractivity contribution in [2.24, 2.45) is 0 Å². The minimum Gasteiger partial charge on any atom is -0.406 e. The van der Waals surface area contributed by atoms with Gasteiger partial charge in [0.1, 0.15) is 11.8 Å². The Hall–Kier alpha value is -2.01. The summed E-state index contributed by atoms with van der Waals surface area (Å²) in [6, 6.07) is 7.06. The molecule has 1 amide bonds. The fourth-order valence-electron chi connectivity index (χ4n) is 2.47. The Morgan fingerprint density at radius 3 is 2.20 bits per heavy atom. The number of alkyl halides is 3. The topological polar surface area (TPSA) is 75.7 Å². The van der Waals surface area contributed by atoms with E-state index in [4.69, 9.17) is 23.2 Å². The maximum atomic E-state index is 12.7. The Kier molecular flexibility index (Phi) is 7.62. The second-order valence-corrected chi connectivity index (χ2v) is 8.91. The third-order valence-electron chi connectivity index (χ3n) is 3.83. The lowest BCUT2D eigenvalue weighted by Crippen LogP contribution is -2.47. The van der Waals surface area contributed by atoms with Gasteiger partial charge in [-0.1, -0.05) is 29.3 Å². The normalized spacial score (nSPS) is 13.0. The molecule has 0 spiro atoms. The van der Waals surface area contributed by atoms with Crippen LogP contribution in [0.2, 0.25) is 10.0 Å². The summed E-state index contributed by atoms with van der Waals surface area (Å²) in [4.78, 5) is 13.4. The van der Waals surface area contributed by atoms with E-state index in [1.165, 1.54) is 31.1 Å². The first-order valence-corrected chi connectivity index (χ1v) is 10.6. The molecule has 0 heterocycles. The molecule has 0 aliphatic carbocycles. The molecular formula is C18H17Cl2F3N2O4S. The average Bonchev–Trinajstić information content (AvgIpc) is 2.62. The predicted octanol–water partition coefficient (Wildman–Crippen LogP) is 3.87. The number of nitrogens with zero attached hydrogens (tertiary/aromatic N) is 1. The maximum Gasteiger partial charge on any atom is 0.573 e. The molecule has 2 rings (SSSR count). The van der Waals surface area contributed by atoms with E-state index in [1.54, 1.807) is 6.07 Å². The third kappa shape index (κ3) is 6.76. The predicted molar refractivity (Wildman–Crippen MR) is 106 cm³/mol. The van der Waals surface area contributed by atoms with Gasteiger partial charge in [-0.2, -0.15) is 4.72 Å². The number of benzene rings is 2. The zero-order valence-electron chi connectivity index (χ0n) is 15.7. The number of rotatable bonds is 7. The standard InChI is InChI=1S/C18H17Cl2F3N2O4S/c1-25(2)17(26)16(10-11-3-8-14(19)15(20)9-11)24-30(27,28)13-6-4-12(5-7-13)29-18(21,22)23/h3-9,16,24H,10H2,1-2H3. The lowest BCUT2D eigenvalue weighted by atomic mass is 10.1. The number of amides is 1. The molecule has 12 heteroatoms. The number of carbonyl (C=O) groups excluding carboxylic acids is 1. The number of halogens is 5. The first-order valence-electron chi connectivity index (χ1n) is 8.32. The first-order chi connectivity index (χ1) is 13.8. The van der Waals surface area contributed by atoms with E-state index in [9.17, 15) is 26.4 Å². The molecule has 6 nitrogen and oxygen atoms in total. The SMILES string of the molecule is CN(C)C(=O)C(Cc1ccc(Cl)c(Cl)c1)NS(=O)(=O)c1ccc(OC(F)(F)F)cc1. The van der Waals surface area contributed by atoms with E-state index in [0.29, 0.717) is 10.6 Å². The Morgan fingerprint density at radius 1 is 1.10 bits per heavy atom. The van der Waals surface area contributed by atoms with Gasteiger partial charge in [-0.15, -0.1) is 13.2 Å². The van der Waals surface area contributed by atoms with Crippen LogP contribution in [-0.4, -0.2) is 45.7 Å². The first kappa shape index (κ1) is 24.3. The van der Waals surface area contributed by atoms with Crippen LogP contribution in [0.3, 0.4) is 0 Å². The van der Waals surface area contributed by atoms with Crippen LogP contribution in [0.1, 0.15) is 5.56 Å². The molecule has 1 atom stereocenters. The molecule has 1 unspecified atom stereocenters. The number of hydrogen-bond acceptors (Lipinski definition) is 4. The summed E-state index contributed by atoms with van der Waals surface area (Å²) in [7, 11) is -1.31. The van der Waals surface area contributed by atoms with Crippen molar-refractivity contribution in [3.63, 3.8) is 0 Å². The fraction of sp³-hybridized carbons (Fsp3) is 0.278. The van der Waals surface area contributed by atoms with Crippen molar-refractivity contribution < 1.29 is 31.1 Å². The van der Waals surface area contributed by atoms with Crippen molar-refractivity contribution in [3.8, 4) is 5.75 Å². The summed E-state index contributed by atoms with van der Waals surface area (Å²) >= 11 is 11.8. The van der Waals surface area contributed by atoms with Gasteiger partial charge in [0.2, 0.25) is 15.9 Å². The zero-order valence-corrected chi connectivity index (χ0v) is 18.0. The Balaban J connectivity index is 2.26. The van der Waals surface area contributed by atoms with Crippen molar-refractivity contribution >= 4 is 39.1 Å².